The number of fused-ring (bicyclic) bond motifs is 5. The normalized spacial score (nSPS) is 50.9. The molecule has 1 saturated heterocycles. The zero-order chi connectivity index (χ0) is 17.3. The van der Waals surface area contributed by atoms with Gasteiger partial charge in [0.2, 0.25) is 11.8 Å². The maximum Gasteiger partial charge on any atom is 0.222 e. The molecule has 4 heteroatoms. The van der Waals surface area contributed by atoms with Gasteiger partial charge in [0.1, 0.15) is 0 Å². The molecule has 4 rings (SSSR count). The van der Waals surface area contributed by atoms with Crippen molar-refractivity contribution in [1.29, 1.82) is 0 Å². The number of hydrogen-bond donors (Lipinski definition) is 1. The summed E-state index contributed by atoms with van der Waals surface area (Å²) >= 11 is 0. The minimum Gasteiger partial charge on any atom is -0.369 e. The van der Waals surface area contributed by atoms with E-state index in [1.54, 1.807) is 0 Å². The summed E-state index contributed by atoms with van der Waals surface area (Å²) in [6, 6.07) is 0.415. The summed E-state index contributed by atoms with van der Waals surface area (Å²) in [5.74, 6) is 2.39. The van der Waals surface area contributed by atoms with Crippen molar-refractivity contribution >= 4 is 11.8 Å². The highest BCUT2D eigenvalue weighted by Gasteiger charge is 2.61. The minimum absolute atomic E-state index is 0.0737. The van der Waals surface area contributed by atoms with Crippen molar-refractivity contribution in [3.05, 3.63) is 0 Å². The summed E-state index contributed by atoms with van der Waals surface area (Å²) in [4.78, 5) is 26.2. The Labute approximate surface area is 145 Å². The molecule has 3 aliphatic carbocycles. The van der Waals surface area contributed by atoms with E-state index >= 15 is 0 Å². The van der Waals surface area contributed by atoms with Crippen molar-refractivity contribution < 1.29 is 9.59 Å². The van der Waals surface area contributed by atoms with Crippen LogP contribution in [0.2, 0.25) is 0 Å². The lowest BCUT2D eigenvalue weighted by atomic mass is 9.47. The molecule has 1 aliphatic heterocycles. The Kier molecular flexibility index (Phi) is 3.57. The van der Waals surface area contributed by atoms with E-state index in [1.165, 1.54) is 19.3 Å². The third-order valence-corrected chi connectivity index (χ3v) is 8.90. The van der Waals surface area contributed by atoms with Gasteiger partial charge in [-0.1, -0.05) is 13.8 Å². The minimum atomic E-state index is -0.0821. The number of primary amides is 1. The van der Waals surface area contributed by atoms with E-state index in [4.69, 9.17) is 5.73 Å². The van der Waals surface area contributed by atoms with Crippen LogP contribution < -0.4 is 5.73 Å². The van der Waals surface area contributed by atoms with Gasteiger partial charge in [-0.3, -0.25) is 9.59 Å². The van der Waals surface area contributed by atoms with E-state index in [0.717, 1.165) is 31.6 Å². The monoisotopic (exact) mass is 332 g/mol. The van der Waals surface area contributed by atoms with Gasteiger partial charge in [0.25, 0.3) is 0 Å². The summed E-state index contributed by atoms with van der Waals surface area (Å²) in [6.07, 6.45) is 8.59. The number of carbonyl (C=O) groups excluding carboxylic acids is 2. The van der Waals surface area contributed by atoms with E-state index in [1.807, 2.05) is 11.9 Å². The van der Waals surface area contributed by atoms with Gasteiger partial charge in [0.15, 0.2) is 0 Å². The smallest absolute Gasteiger partial charge is 0.222 e. The van der Waals surface area contributed by atoms with Gasteiger partial charge < -0.3 is 10.6 Å². The highest BCUT2D eigenvalue weighted by molar-refractivity contribution is 5.78. The molecule has 1 heterocycles. The summed E-state index contributed by atoms with van der Waals surface area (Å²) in [5, 5.41) is 0. The van der Waals surface area contributed by atoms with Gasteiger partial charge >= 0.3 is 0 Å². The molecule has 24 heavy (non-hydrogen) atoms. The number of nitrogens with zero attached hydrogens (tertiary/aromatic N) is 1. The Hall–Kier alpha value is -1.06. The fraction of sp³-hybridized carbons (Fsp3) is 0.900. The molecule has 2 unspecified atom stereocenters. The molecule has 2 amide bonds. The number of amides is 2. The lowest BCUT2D eigenvalue weighted by molar-refractivity contribution is -0.159. The molecule has 4 nitrogen and oxygen atoms in total. The van der Waals surface area contributed by atoms with Crippen LogP contribution in [0.4, 0.5) is 0 Å². The SMILES string of the molecule is CN1C(=O)CC[C@@]2(C)C1CC[C@@H]1[C@H]2CC[C@]2(C)C(C(N)=O)CC[C@@H]12. The van der Waals surface area contributed by atoms with Gasteiger partial charge in [-0.15, -0.1) is 0 Å². The van der Waals surface area contributed by atoms with E-state index in [0.29, 0.717) is 30.2 Å². The van der Waals surface area contributed by atoms with Crippen LogP contribution in [-0.4, -0.2) is 29.8 Å². The highest BCUT2D eigenvalue weighted by atomic mass is 16.2. The molecule has 0 spiro atoms. The van der Waals surface area contributed by atoms with Gasteiger partial charge in [-0.05, 0) is 73.5 Å². The highest BCUT2D eigenvalue weighted by Crippen LogP contribution is 2.66. The Morgan fingerprint density at radius 2 is 1.75 bits per heavy atom. The standard InChI is InChI=1S/C20H32N2O2/c1-19-10-8-14-12(13(19)5-6-15(19)18(21)24)4-7-16-20(14,2)11-9-17(23)22(16)3/h12-16H,4-11H2,1-3H3,(H2,21,24)/t12-,13-,14+,15?,16?,19-,20+/m0/s1. The van der Waals surface area contributed by atoms with Gasteiger partial charge in [-0.25, -0.2) is 0 Å². The lowest BCUT2D eigenvalue weighted by Gasteiger charge is -2.61. The second kappa shape index (κ2) is 5.22. The van der Waals surface area contributed by atoms with Crippen LogP contribution >= 0.6 is 0 Å². The van der Waals surface area contributed by atoms with Crippen molar-refractivity contribution in [3.63, 3.8) is 0 Å². The molecule has 4 fully saturated rings. The zero-order valence-corrected chi connectivity index (χ0v) is 15.4. The van der Waals surface area contributed by atoms with Crippen molar-refractivity contribution in [2.24, 2.45) is 40.2 Å². The van der Waals surface area contributed by atoms with Crippen LogP contribution in [0.5, 0.6) is 0 Å². The Balaban J connectivity index is 1.64. The predicted octanol–water partition coefficient (Wildman–Crippen LogP) is 2.95. The third kappa shape index (κ3) is 1.97. The van der Waals surface area contributed by atoms with Crippen molar-refractivity contribution in [2.75, 3.05) is 7.05 Å². The molecule has 0 aromatic heterocycles. The van der Waals surface area contributed by atoms with Crippen molar-refractivity contribution in [2.45, 2.75) is 71.3 Å². The number of carbonyl (C=O) groups is 2. The Bertz CT molecular complexity index is 576. The number of nitrogens with two attached hydrogens (primary N) is 1. The predicted molar refractivity (Wildman–Crippen MR) is 92.9 cm³/mol. The van der Waals surface area contributed by atoms with E-state index in [9.17, 15) is 9.59 Å². The first-order chi connectivity index (χ1) is 11.3. The van der Waals surface area contributed by atoms with Crippen LogP contribution in [0.25, 0.3) is 0 Å². The summed E-state index contributed by atoms with van der Waals surface area (Å²) in [7, 11) is 2.01. The van der Waals surface area contributed by atoms with Gasteiger partial charge in [0, 0.05) is 25.4 Å². The number of piperidine rings is 1. The van der Waals surface area contributed by atoms with Gasteiger partial charge in [0.05, 0.1) is 0 Å². The summed E-state index contributed by atoms with van der Waals surface area (Å²) in [6.45, 7) is 4.78. The second-order valence-corrected chi connectivity index (χ2v) is 9.56. The molecule has 0 aromatic carbocycles. The topological polar surface area (TPSA) is 63.4 Å². The van der Waals surface area contributed by atoms with E-state index in [-0.39, 0.29) is 22.7 Å². The Morgan fingerprint density at radius 1 is 1.04 bits per heavy atom. The molecular weight excluding hydrogens is 300 g/mol. The summed E-state index contributed by atoms with van der Waals surface area (Å²) < 4.78 is 0. The maximum atomic E-state index is 12.2. The van der Waals surface area contributed by atoms with Crippen LogP contribution in [0.15, 0.2) is 0 Å². The largest absolute Gasteiger partial charge is 0.369 e. The number of rotatable bonds is 1. The fourth-order valence-electron chi connectivity index (χ4n) is 7.62. The van der Waals surface area contributed by atoms with Crippen LogP contribution in [-0.2, 0) is 9.59 Å². The first-order valence-corrected chi connectivity index (χ1v) is 9.84. The first-order valence-electron chi connectivity index (χ1n) is 9.84. The molecule has 0 radical (unpaired) electrons. The van der Waals surface area contributed by atoms with Crippen molar-refractivity contribution in [3.8, 4) is 0 Å². The van der Waals surface area contributed by atoms with Crippen LogP contribution in [0.3, 0.4) is 0 Å². The van der Waals surface area contributed by atoms with Crippen molar-refractivity contribution in [1.82, 2.24) is 4.90 Å². The first kappa shape index (κ1) is 16.4. The number of hydrogen-bond acceptors (Lipinski definition) is 2. The molecule has 7 atom stereocenters. The molecule has 2 N–H and O–H groups in total. The maximum absolute atomic E-state index is 12.2. The zero-order valence-electron chi connectivity index (χ0n) is 15.4. The molecule has 0 bridgehead atoms. The fourth-order valence-corrected chi connectivity index (χ4v) is 7.62. The molecule has 4 aliphatic rings. The van der Waals surface area contributed by atoms with Crippen LogP contribution in [0.1, 0.15) is 65.2 Å². The summed E-state index contributed by atoms with van der Waals surface area (Å²) in [5.41, 5.74) is 6.12. The average Bonchev–Trinajstić information content (AvgIpc) is 2.89. The Morgan fingerprint density at radius 3 is 2.46 bits per heavy atom. The second-order valence-electron chi connectivity index (χ2n) is 9.56. The van der Waals surface area contributed by atoms with E-state index < -0.39 is 0 Å². The molecule has 3 saturated carbocycles. The van der Waals surface area contributed by atoms with Crippen LogP contribution in [0, 0.1) is 34.5 Å². The third-order valence-electron chi connectivity index (χ3n) is 8.90. The lowest BCUT2D eigenvalue weighted by Crippen LogP contribution is -2.61. The van der Waals surface area contributed by atoms with Gasteiger partial charge in [-0.2, -0.15) is 0 Å². The molecule has 0 aromatic rings. The number of likely N-dealkylation sites (tertiary alicyclic amines) is 1. The average molecular weight is 332 g/mol. The molecule has 134 valence electrons. The quantitative estimate of drug-likeness (QED) is 0.802. The molecular formula is C20H32N2O2. The van der Waals surface area contributed by atoms with E-state index in [2.05, 4.69) is 13.8 Å².